The molecular weight excluding hydrogens is 370 g/mol. The lowest BCUT2D eigenvalue weighted by atomic mass is 9.87. The molecule has 0 radical (unpaired) electrons. The van der Waals surface area contributed by atoms with Crippen LogP contribution in [0.4, 0.5) is 5.69 Å². The Bertz CT molecular complexity index is 879. The standard InChI is InChI=1S/C22H31N3O4/c1-13-19(14(2)25(8)24-13)23-20(26)15(3)29-21(27)16(4)28-18-11-9-17(10-12-18)22(5,6)7/h9-12,15-16H,1-8H3,(H,23,26)/t15-,16-/m0/s1. The first-order valence-corrected chi connectivity index (χ1v) is 9.69. The number of aromatic nitrogens is 2. The number of nitrogens with zero attached hydrogens (tertiary/aromatic N) is 2. The SMILES string of the molecule is Cc1nn(C)c(C)c1NC(=O)[C@H](C)OC(=O)[C@H](C)Oc1ccc(C(C)(C)C)cc1. The van der Waals surface area contributed by atoms with Gasteiger partial charge in [-0.25, -0.2) is 4.79 Å². The maximum Gasteiger partial charge on any atom is 0.347 e. The van der Waals surface area contributed by atoms with Crippen LogP contribution in [-0.2, 0) is 26.8 Å². The van der Waals surface area contributed by atoms with Crippen LogP contribution < -0.4 is 10.1 Å². The van der Waals surface area contributed by atoms with Gasteiger partial charge < -0.3 is 14.8 Å². The molecule has 1 heterocycles. The van der Waals surface area contributed by atoms with Gasteiger partial charge in [-0.05, 0) is 50.8 Å². The minimum atomic E-state index is -0.962. The maximum absolute atomic E-state index is 12.4. The molecular formula is C22H31N3O4. The second kappa shape index (κ2) is 8.68. The molecule has 158 valence electrons. The molecule has 0 unspecified atom stereocenters. The number of hydrogen-bond donors (Lipinski definition) is 1. The summed E-state index contributed by atoms with van der Waals surface area (Å²) in [5, 5.41) is 7.03. The summed E-state index contributed by atoms with van der Waals surface area (Å²) in [6.07, 6.45) is -1.80. The molecule has 0 aliphatic rings. The molecule has 1 aromatic carbocycles. The molecule has 1 amide bonds. The molecule has 7 heteroatoms. The lowest BCUT2D eigenvalue weighted by Crippen LogP contribution is -2.35. The number of aryl methyl sites for hydroxylation is 2. The Balaban J connectivity index is 1.93. The molecule has 2 rings (SSSR count). The van der Waals surface area contributed by atoms with Gasteiger partial charge in [-0.1, -0.05) is 32.9 Å². The van der Waals surface area contributed by atoms with Crippen LogP contribution in [0.5, 0.6) is 5.75 Å². The van der Waals surface area contributed by atoms with Gasteiger partial charge in [-0.15, -0.1) is 0 Å². The predicted octanol–water partition coefficient (Wildman–Crippen LogP) is 3.67. The molecule has 29 heavy (non-hydrogen) atoms. The van der Waals surface area contributed by atoms with E-state index in [0.29, 0.717) is 17.1 Å². The number of carbonyl (C=O) groups is 2. The average molecular weight is 402 g/mol. The van der Waals surface area contributed by atoms with Crippen LogP contribution in [0.25, 0.3) is 0 Å². The molecule has 0 saturated carbocycles. The summed E-state index contributed by atoms with van der Waals surface area (Å²) in [5.41, 5.74) is 3.36. The van der Waals surface area contributed by atoms with Gasteiger partial charge in [0.05, 0.1) is 17.1 Å². The second-order valence-electron chi connectivity index (χ2n) is 8.27. The van der Waals surface area contributed by atoms with Crippen LogP contribution in [0.3, 0.4) is 0 Å². The van der Waals surface area contributed by atoms with Gasteiger partial charge >= 0.3 is 5.97 Å². The fraction of sp³-hybridized carbons (Fsp3) is 0.500. The first-order valence-electron chi connectivity index (χ1n) is 9.69. The van der Waals surface area contributed by atoms with Crippen molar-refractivity contribution in [1.82, 2.24) is 9.78 Å². The van der Waals surface area contributed by atoms with Gasteiger partial charge in [0.1, 0.15) is 5.75 Å². The zero-order chi connectivity index (χ0) is 21.9. The van der Waals surface area contributed by atoms with Crippen molar-refractivity contribution in [1.29, 1.82) is 0 Å². The summed E-state index contributed by atoms with van der Waals surface area (Å²) < 4.78 is 12.6. The molecule has 0 saturated heterocycles. The second-order valence-corrected chi connectivity index (χ2v) is 8.27. The van der Waals surface area contributed by atoms with E-state index in [-0.39, 0.29) is 5.41 Å². The van der Waals surface area contributed by atoms with Crippen molar-refractivity contribution in [3.05, 3.63) is 41.2 Å². The average Bonchev–Trinajstić information content (AvgIpc) is 2.87. The van der Waals surface area contributed by atoms with Crippen LogP contribution in [0, 0.1) is 13.8 Å². The number of anilines is 1. The number of esters is 1. The molecule has 2 atom stereocenters. The van der Waals surface area contributed by atoms with E-state index in [1.54, 1.807) is 25.6 Å². The summed E-state index contributed by atoms with van der Waals surface area (Å²) in [6.45, 7) is 13.2. The molecule has 0 spiro atoms. The molecule has 1 N–H and O–H groups in total. The van der Waals surface area contributed by atoms with Crippen molar-refractivity contribution in [3.8, 4) is 5.75 Å². The van der Waals surface area contributed by atoms with Crippen molar-refractivity contribution in [2.45, 2.75) is 66.1 Å². The molecule has 1 aromatic heterocycles. The fourth-order valence-corrected chi connectivity index (χ4v) is 2.79. The summed E-state index contributed by atoms with van der Waals surface area (Å²) in [6, 6.07) is 7.60. The lowest BCUT2D eigenvalue weighted by Gasteiger charge is -2.20. The predicted molar refractivity (Wildman–Crippen MR) is 112 cm³/mol. The monoisotopic (exact) mass is 401 g/mol. The van der Waals surface area contributed by atoms with Crippen LogP contribution >= 0.6 is 0 Å². The van der Waals surface area contributed by atoms with E-state index in [0.717, 1.165) is 5.69 Å². The number of benzene rings is 1. The number of hydrogen-bond acceptors (Lipinski definition) is 5. The molecule has 7 nitrogen and oxygen atoms in total. The first kappa shape index (κ1) is 22.5. The summed E-state index contributed by atoms with van der Waals surface area (Å²) in [5.74, 6) is -0.451. The van der Waals surface area contributed by atoms with Gasteiger partial charge in [0.15, 0.2) is 12.2 Å². The molecule has 0 bridgehead atoms. The van der Waals surface area contributed by atoms with E-state index in [2.05, 4.69) is 31.2 Å². The Morgan fingerprint density at radius 1 is 1.07 bits per heavy atom. The Hall–Kier alpha value is -2.83. The Kier molecular flexibility index (Phi) is 6.72. The highest BCUT2D eigenvalue weighted by Gasteiger charge is 2.25. The van der Waals surface area contributed by atoms with Crippen molar-refractivity contribution < 1.29 is 19.1 Å². The zero-order valence-electron chi connectivity index (χ0n) is 18.5. The van der Waals surface area contributed by atoms with E-state index in [9.17, 15) is 9.59 Å². The van der Waals surface area contributed by atoms with Gasteiger partial charge in [-0.3, -0.25) is 9.48 Å². The van der Waals surface area contributed by atoms with Gasteiger partial charge in [0.25, 0.3) is 5.91 Å². The third kappa shape index (κ3) is 5.59. The van der Waals surface area contributed by atoms with E-state index in [4.69, 9.17) is 9.47 Å². The topological polar surface area (TPSA) is 82.5 Å². The van der Waals surface area contributed by atoms with E-state index < -0.39 is 24.1 Å². The van der Waals surface area contributed by atoms with Crippen LogP contribution in [0.15, 0.2) is 24.3 Å². The van der Waals surface area contributed by atoms with Crippen molar-refractivity contribution >= 4 is 17.6 Å². The lowest BCUT2D eigenvalue weighted by molar-refractivity contribution is -0.159. The highest BCUT2D eigenvalue weighted by atomic mass is 16.6. The van der Waals surface area contributed by atoms with Gasteiger partial charge in [0.2, 0.25) is 0 Å². The number of amides is 1. The Labute approximate surface area is 172 Å². The zero-order valence-corrected chi connectivity index (χ0v) is 18.5. The van der Waals surface area contributed by atoms with Crippen LogP contribution in [0.2, 0.25) is 0 Å². The van der Waals surface area contributed by atoms with Gasteiger partial charge in [0, 0.05) is 7.05 Å². The number of rotatable bonds is 6. The minimum absolute atomic E-state index is 0.0385. The fourth-order valence-electron chi connectivity index (χ4n) is 2.79. The highest BCUT2D eigenvalue weighted by molar-refractivity contribution is 5.96. The molecule has 0 aliphatic heterocycles. The third-order valence-corrected chi connectivity index (χ3v) is 4.78. The van der Waals surface area contributed by atoms with Crippen LogP contribution in [-0.4, -0.2) is 33.9 Å². The largest absolute Gasteiger partial charge is 0.479 e. The maximum atomic E-state index is 12.4. The van der Waals surface area contributed by atoms with Crippen LogP contribution in [0.1, 0.15) is 51.6 Å². The number of nitrogens with one attached hydrogen (secondary N) is 1. The first-order chi connectivity index (χ1) is 13.4. The molecule has 0 aliphatic carbocycles. The van der Waals surface area contributed by atoms with E-state index in [1.165, 1.54) is 12.5 Å². The minimum Gasteiger partial charge on any atom is -0.479 e. The Morgan fingerprint density at radius 2 is 1.66 bits per heavy atom. The van der Waals surface area contributed by atoms with Gasteiger partial charge in [-0.2, -0.15) is 5.10 Å². The summed E-state index contributed by atoms with van der Waals surface area (Å²) >= 11 is 0. The summed E-state index contributed by atoms with van der Waals surface area (Å²) in [4.78, 5) is 24.7. The number of carbonyl (C=O) groups excluding carboxylic acids is 2. The summed E-state index contributed by atoms with van der Waals surface area (Å²) in [7, 11) is 1.80. The van der Waals surface area contributed by atoms with Crippen molar-refractivity contribution in [3.63, 3.8) is 0 Å². The highest BCUT2D eigenvalue weighted by Crippen LogP contribution is 2.25. The molecule has 2 aromatic rings. The third-order valence-electron chi connectivity index (χ3n) is 4.78. The quantitative estimate of drug-likeness (QED) is 0.747. The van der Waals surface area contributed by atoms with E-state index in [1.807, 2.05) is 31.2 Å². The normalized spacial score (nSPS) is 13.5. The van der Waals surface area contributed by atoms with Crippen molar-refractivity contribution in [2.75, 3.05) is 5.32 Å². The molecule has 0 fully saturated rings. The smallest absolute Gasteiger partial charge is 0.347 e. The Morgan fingerprint density at radius 3 is 2.14 bits per heavy atom. The number of ether oxygens (including phenoxy) is 2. The van der Waals surface area contributed by atoms with E-state index >= 15 is 0 Å². The van der Waals surface area contributed by atoms with Crippen molar-refractivity contribution in [2.24, 2.45) is 7.05 Å².